The monoisotopic (exact) mass is 381 g/mol. The predicted octanol–water partition coefficient (Wildman–Crippen LogP) is 4.82. The number of thiazole rings is 1. The Morgan fingerprint density at radius 2 is 1.85 bits per heavy atom. The van der Waals surface area contributed by atoms with E-state index in [0.29, 0.717) is 12.1 Å². The van der Waals surface area contributed by atoms with Gasteiger partial charge in [-0.2, -0.15) is 0 Å². The smallest absolute Gasteiger partial charge is 0.260 e. The van der Waals surface area contributed by atoms with Crippen LogP contribution in [0.1, 0.15) is 33.5 Å². The van der Waals surface area contributed by atoms with Crippen molar-refractivity contribution < 1.29 is 4.79 Å². The SMILES string of the molecule is Cc1cccc(C(=O)N(CCCN(C)C)c2nc3c(C)c(C)ccc3s2)c1. The Morgan fingerprint density at radius 3 is 2.56 bits per heavy atom. The second-order valence-electron chi connectivity index (χ2n) is 7.33. The molecule has 4 nitrogen and oxygen atoms in total. The number of carbonyl (C=O) groups is 1. The number of benzene rings is 2. The number of carbonyl (C=O) groups excluding carboxylic acids is 1. The van der Waals surface area contributed by atoms with Gasteiger partial charge in [-0.15, -0.1) is 0 Å². The Bertz CT molecular complexity index is 961. The van der Waals surface area contributed by atoms with Crippen molar-refractivity contribution in [2.75, 3.05) is 32.1 Å². The lowest BCUT2D eigenvalue weighted by Gasteiger charge is -2.21. The van der Waals surface area contributed by atoms with Gasteiger partial charge in [-0.1, -0.05) is 35.1 Å². The quantitative estimate of drug-likeness (QED) is 0.614. The Balaban J connectivity index is 1.98. The average molecular weight is 382 g/mol. The summed E-state index contributed by atoms with van der Waals surface area (Å²) in [5.74, 6) is 0.0193. The molecule has 0 aliphatic heterocycles. The van der Waals surface area contributed by atoms with Gasteiger partial charge in [-0.3, -0.25) is 9.69 Å². The molecule has 1 aromatic heterocycles. The molecule has 3 rings (SSSR count). The second kappa shape index (κ2) is 8.19. The number of rotatable bonds is 6. The Kier molecular flexibility index (Phi) is 5.92. The van der Waals surface area contributed by atoms with Crippen LogP contribution in [0.4, 0.5) is 5.13 Å². The highest BCUT2D eigenvalue weighted by molar-refractivity contribution is 7.22. The lowest BCUT2D eigenvalue weighted by molar-refractivity contribution is 0.0986. The van der Waals surface area contributed by atoms with Crippen LogP contribution < -0.4 is 4.90 Å². The molecule has 0 aliphatic carbocycles. The highest BCUT2D eigenvalue weighted by Crippen LogP contribution is 2.32. The Hall–Kier alpha value is -2.24. The molecule has 0 fully saturated rings. The van der Waals surface area contributed by atoms with Crippen molar-refractivity contribution >= 4 is 32.6 Å². The maximum Gasteiger partial charge on any atom is 0.260 e. The van der Waals surface area contributed by atoms with Crippen LogP contribution >= 0.6 is 11.3 Å². The van der Waals surface area contributed by atoms with Gasteiger partial charge in [0.05, 0.1) is 10.2 Å². The maximum absolute atomic E-state index is 13.3. The van der Waals surface area contributed by atoms with E-state index in [4.69, 9.17) is 4.98 Å². The van der Waals surface area contributed by atoms with Gasteiger partial charge in [0, 0.05) is 12.1 Å². The van der Waals surface area contributed by atoms with Crippen LogP contribution in [0.5, 0.6) is 0 Å². The van der Waals surface area contributed by atoms with Gasteiger partial charge in [0.15, 0.2) is 5.13 Å². The minimum absolute atomic E-state index is 0.0193. The van der Waals surface area contributed by atoms with Crippen LogP contribution in [0.15, 0.2) is 36.4 Å². The minimum atomic E-state index is 0.0193. The fraction of sp³-hybridized carbons (Fsp3) is 0.364. The average Bonchev–Trinajstić information content (AvgIpc) is 3.06. The first kappa shape index (κ1) is 19.5. The molecule has 1 heterocycles. The highest BCUT2D eigenvalue weighted by atomic mass is 32.1. The molecule has 0 spiro atoms. The lowest BCUT2D eigenvalue weighted by Crippen LogP contribution is -2.33. The third-order valence-electron chi connectivity index (χ3n) is 4.80. The van der Waals surface area contributed by atoms with Crippen molar-refractivity contribution in [2.45, 2.75) is 27.2 Å². The molecule has 27 heavy (non-hydrogen) atoms. The number of amides is 1. The standard InChI is InChI=1S/C22H27N3OS/c1-15-8-6-9-18(14-15)21(26)25(13-7-12-24(4)5)22-23-20-17(3)16(2)10-11-19(20)27-22/h6,8-11,14H,7,12-13H2,1-5H3. The van der Waals surface area contributed by atoms with Crippen LogP contribution in [0, 0.1) is 20.8 Å². The summed E-state index contributed by atoms with van der Waals surface area (Å²) >= 11 is 1.59. The summed E-state index contributed by atoms with van der Waals surface area (Å²) < 4.78 is 1.13. The van der Waals surface area contributed by atoms with Crippen LogP contribution in [0.3, 0.4) is 0 Å². The van der Waals surface area contributed by atoms with Crippen molar-refractivity contribution in [1.82, 2.24) is 9.88 Å². The first-order valence-electron chi connectivity index (χ1n) is 9.27. The fourth-order valence-electron chi connectivity index (χ4n) is 3.09. The lowest BCUT2D eigenvalue weighted by atomic mass is 10.1. The Labute approximate surface area is 165 Å². The molecule has 0 bridgehead atoms. The van der Waals surface area contributed by atoms with Crippen LogP contribution in [-0.2, 0) is 0 Å². The molecule has 5 heteroatoms. The molecule has 1 amide bonds. The van der Waals surface area contributed by atoms with Gasteiger partial charge in [0.25, 0.3) is 5.91 Å². The van der Waals surface area contributed by atoms with E-state index in [1.54, 1.807) is 11.3 Å². The van der Waals surface area contributed by atoms with E-state index in [-0.39, 0.29) is 5.91 Å². The van der Waals surface area contributed by atoms with Gasteiger partial charge in [0.2, 0.25) is 0 Å². The van der Waals surface area contributed by atoms with Gasteiger partial charge < -0.3 is 4.90 Å². The fourth-order valence-corrected chi connectivity index (χ4v) is 4.14. The third kappa shape index (κ3) is 4.37. The maximum atomic E-state index is 13.3. The molecule has 0 unspecified atom stereocenters. The zero-order valence-electron chi connectivity index (χ0n) is 16.7. The molecule has 0 saturated heterocycles. The van der Waals surface area contributed by atoms with Crippen molar-refractivity contribution in [3.8, 4) is 0 Å². The summed E-state index contributed by atoms with van der Waals surface area (Å²) in [6.45, 7) is 7.79. The molecule has 3 aromatic rings. The van der Waals surface area contributed by atoms with E-state index < -0.39 is 0 Å². The van der Waals surface area contributed by atoms with Crippen LogP contribution in [-0.4, -0.2) is 43.0 Å². The van der Waals surface area contributed by atoms with E-state index in [0.717, 1.165) is 33.9 Å². The van der Waals surface area contributed by atoms with E-state index in [1.165, 1.54) is 11.1 Å². The summed E-state index contributed by atoms with van der Waals surface area (Å²) in [6, 6.07) is 12.0. The first-order chi connectivity index (χ1) is 12.9. The number of hydrogen-bond acceptors (Lipinski definition) is 4. The molecule has 0 saturated carbocycles. The van der Waals surface area contributed by atoms with Crippen LogP contribution in [0.25, 0.3) is 10.2 Å². The number of aryl methyl sites for hydroxylation is 3. The summed E-state index contributed by atoms with van der Waals surface area (Å²) in [7, 11) is 4.10. The summed E-state index contributed by atoms with van der Waals surface area (Å²) in [6.07, 6.45) is 0.901. The number of hydrogen-bond donors (Lipinski definition) is 0. The summed E-state index contributed by atoms with van der Waals surface area (Å²) in [5, 5.41) is 0.781. The zero-order valence-corrected chi connectivity index (χ0v) is 17.6. The zero-order chi connectivity index (χ0) is 19.6. The molecule has 0 aliphatic rings. The first-order valence-corrected chi connectivity index (χ1v) is 10.1. The normalized spacial score (nSPS) is 11.3. The van der Waals surface area contributed by atoms with Gasteiger partial charge in [-0.05, 0) is 77.2 Å². The van der Waals surface area contributed by atoms with Crippen LogP contribution in [0.2, 0.25) is 0 Å². The Morgan fingerprint density at radius 1 is 1.07 bits per heavy atom. The van der Waals surface area contributed by atoms with Crippen molar-refractivity contribution in [3.05, 3.63) is 58.7 Å². The molecule has 0 atom stereocenters. The molecule has 0 radical (unpaired) electrons. The van der Waals surface area contributed by atoms with Crippen molar-refractivity contribution in [1.29, 1.82) is 0 Å². The molecule has 142 valence electrons. The molecular formula is C22H27N3OS. The number of aromatic nitrogens is 1. The van der Waals surface area contributed by atoms with E-state index >= 15 is 0 Å². The van der Waals surface area contributed by atoms with E-state index in [9.17, 15) is 4.79 Å². The number of anilines is 1. The van der Waals surface area contributed by atoms with Crippen molar-refractivity contribution in [3.63, 3.8) is 0 Å². The largest absolute Gasteiger partial charge is 0.309 e. The van der Waals surface area contributed by atoms with E-state index in [1.807, 2.05) is 36.1 Å². The minimum Gasteiger partial charge on any atom is -0.309 e. The molecule has 2 aromatic carbocycles. The highest BCUT2D eigenvalue weighted by Gasteiger charge is 2.22. The second-order valence-corrected chi connectivity index (χ2v) is 8.34. The van der Waals surface area contributed by atoms with Gasteiger partial charge in [-0.25, -0.2) is 4.98 Å². The topological polar surface area (TPSA) is 36.4 Å². The van der Waals surface area contributed by atoms with Gasteiger partial charge in [0.1, 0.15) is 0 Å². The number of nitrogens with zero attached hydrogens (tertiary/aromatic N) is 3. The number of fused-ring (bicyclic) bond motifs is 1. The van der Waals surface area contributed by atoms with E-state index in [2.05, 4.69) is 45.0 Å². The van der Waals surface area contributed by atoms with Crippen molar-refractivity contribution in [2.24, 2.45) is 0 Å². The summed E-state index contributed by atoms with van der Waals surface area (Å²) in [5.41, 5.74) is 5.22. The summed E-state index contributed by atoms with van der Waals surface area (Å²) in [4.78, 5) is 22.1. The third-order valence-corrected chi connectivity index (χ3v) is 5.85. The molecule has 0 N–H and O–H groups in total. The molecular weight excluding hydrogens is 354 g/mol. The predicted molar refractivity (Wildman–Crippen MR) is 115 cm³/mol. The van der Waals surface area contributed by atoms with Gasteiger partial charge >= 0.3 is 0 Å².